The summed E-state index contributed by atoms with van der Waals surface area (Å²) < 4.78 is 0. The van der Waals surface area contributed by atoms with Crippen LogP contribution in [0.15, 0.2) is 0 Å². The molecule has 13 atom stereocenters. The van der Waals surface area contributed by atoms with E-state index in [1.54, 1.807) is 0 Å². The van der Waals surface area contributed by atoms with Crippen LogP contribution in [0.4, 0.5) is 0 Å². The molecule has 3 heterocycles. The quantitative estimate of drug-likeness (QED) is 0.0154. The largest absolute Gasteiger partial charge is 0.481 e. The second kappa shape index (κ2) is 40.3. The van der Waals surface area contributed by atoms with E-state index in [4.69, 9.17) is 27.7 Å². The van der Waals surface area contributed by atoms with Gasteiger partial charge in [0.15, 0.2) is 5.96 Å². The number of carboxylic acid groups (broad SMARTS) is 3. The normalized spacial score (nSPS) is 19.4. The van der Waals surface area contributed by atoms with E-state index in [1.807, 2.05) is 0 Å². The number of primary amides is 1. The molecular weight excluding hydrogens is 1320 g/mol. The Hall–Kier alpha value is -10.4. The Labute approximate surface area is 564 Å². The van der Waals surface area contributed by atoms with Crippen LogP contribution >= 0.6 is 0 Å². The fraction of sp³-hybridized carbons (Fsp3) is 0.661. The Balaban J connectivity index is 1.59. The monoisotopic (exact) mass is 1410 g/mol. The van der Waals surface area contributed by atoms with Crippen LogP contribution in [-0.2, 0) is 86.3 Å². The van der Waals surface area contributed by atoms with E-state index >= 15 is 0 Å². The number of aliphatic carboxylic acids is 3. The number of nitrogens with two attached hydrogens (primary N) is 3. The highest BCUT2D eigenvalue weighted by molar-refractivity contribution is 5.99. The number of likely N-dealkylation sites (tertiary alicyclic amines) is 3. The molecule has 0 aliphatic carbocycles. The number of hydrogen-bond acceptors (Lipinski definition) is 23. The van der Waals surface area contributed by atoms with Crippen LogP contribution in [0, 0.1) is 5.41 Å². The van der Waals surface area contributed by atoms with Crippen molar-refractivity contribution < 1.29 is 117 Å². The van der Waals surface area contributed by atoms with E-state index in [-0.39, 0.29) is 44.7 Å². The maximum Gasteiger partial charge on any atom is 0.326 e. The molecule has 0 aromatic rings. The minimum Gasteiger partial charge on any atom is -0.481 e. The Morgan fingerprint density at radius 3 is 1.45 bits per heavy atom. The van der Waals surface area contributed by atoms with Crippen LogP contribution < -0.4 is 81.0 Å². The van der Waals surface area contributed by atoms with Crippen molar-refractivity contribution in [3.05, 3.63) is 0 Å². The zero-order valence-corrected chi connectivity index (χ0v) is 54.5. The summed E-state index contributed by atoms with van der Waals surface area (Å²) >= 11 is 0. The van der Waals surface area contributed by atoms with Crippen LogP contribution in [-0.4, -0.2) is 295 Å². The third-order valence-electron chi connectivity index (χ3n) is 15.6. The van der Waals surface area contributed by atoms with Crippen LogP contribution in [0.1, 0.15) is 97.8 Å². The van der Waals surface area contributed by atoms with Gasteiger partial charge in [0.2, 0.25) is 88.6 Å². The van der Waals surface area contributed by atoms with Crippen molar-refractivity contribution in [1.82, 2.24) is 78.5 Å². The van der Waals surface area contributed by atoms with Crippen molar-refractivity contribution in [2.24, 2.45) is 17.2 Å². The molecule has 25 N–H and O–H groups in total. The first-order chi connectivity index (χ1) is 46.4. The summed E-state index contributed by atoms with van der Waals surface area (Å²) in [5, 5.41) is 94.4. The number of guanidine groups is 1. The van der Waals surface area contributed by atoms with Gasteiger partial charge in [-0.05, 0) is 65.7 Å². The molecular formula is C56H89N19O24. The van der Waals surface area contributed by atoms with Crippen molar-refractivity contribution in [1.29, 1.82) is 5.41 Å². The molecule has 0 aromatic heterocycles. The van der Waals surface area contributed by atoms with Gasteiger partial charge < -0.3 is 126 Å². The molecule has 3 saturated heterocycles. The maximum absolute atomic E-state index is 14.0. The van der Waals surface area contributed by atoms with Crippen LogP contribution in [0.3, 0.4) is 0 Å². The molecule has 552 valence electrons. The summed E-state index contributed by atoms with van der Waals surface area (Å²) in [6.45, 7) is -1.15. The number of aliphatic hydroxyl groups excluding tert-OH is 3. The van der Waals surface area contributed by atoms with Crippen molar-refractivity contribution in [2.45, 2.75) is 177 Å². The van der Waals surface area contributed by atoms with Crippen LogP contribution in [0.5, 0.6) is 0 Å². The number of amides is 15. The number of aliphatic hydroxyl groups is 3. The molecule has 3 fully saturated rings. The molecule has 43 nitrogen and oxygen atoms in total. The lowest BCUT2D eigenvalue weighted by Crippen LogP contribution is -2.59. The first kappa shape index (κ1) is 82.8. The van der Waals surface area contributed by atoms with Gasteiger partial charge in [-0.3, -0.25) is 86.9 Å². The molecule has 99 heavy (non-hydrogen) atoms. The summed E-state index contributed by atoms with van der Waals surface area (Å²) in [6, 6.07) is -14.9. The molecule has 0 spiro atoms. The highest BCUT2D eigenvalue weighted by Gasteiger charge is 2.44. The van der Waals surface area contributed by atoms with Crippen LogP contribution in [0.2, 0.25) is 0 Å². The molecule has 0 aromatic carbocycles. The second-order valence-corrected chi connectivity index (χ2v) is 23.5. The van der Waals surface area contributed by atoms with E-state index in [2.05, 4.69) is 63.8 Å². The predicted octanol–water partition coefficient (Wildman–Crippen LogP) is -12.5. The van der Waals surface area contributed by atoms with E-state index < -0.39 is 276 Å². The zero-order valence-electron chi connectivity index (χ0n) is 54.5. The molecule has 3 aliphatic heterocycles. The van der Waals surface area contributed by atoms with Crippen LogP contribution in [0.25, 0.3) is 0 Å². The maximum atomic E-state index is 14.0. The third-order valence-corrected chi connectivity index (χ3v) is 15.6. The predicted molar refractivity (Wildman–Crippen MR) is 334 cm³/mol. The molecule has 0 saturated carbocycles. The van der Waals surface area contributed by atoms with E-state index in [0.29, 0.717) is 6.42 Å². The Morgan fingerprint density at radius 1 is 0.495 bits per heavy atom. The van der Waals surface area contributed by atoms with Gasteiger partial charge in [-0.2, -0.15) is 0 Å². The van der Waals surface area contributed by atoms with Gasteiger partial charge in [0, 0.05) is 58.3 Å². The van der Waals surface area contributed by atoms with E-state index in [0.717, 1.165) is 21.6 Å². The van der Waals surface area contributed by atoms with E-state index in [9.17, 15) is 112 Å². The average Bonchev–Trinajstić information content (AvgIpc) is 1.71. The van der Waals surface area contributed by atoms with Gasteiger partial charge in [0.05, 0.1) is 51.0 Å². The van der Waals surface area contributed by atoms with E-state index in [1.165, 1.54) is 13.8 Å². The molecule has 0 unspecified atom stereocenters. The number of carboxylic acids is 3. The van der Waals surface area contributed by atoms with Crippen molar-refractivity contribution in [3.8, 4) is 0 Å². The first-order valence-electron chi connectivity index (χ1n) is 31.3. The van der Waals surface area contributed by atoms with Gasteiger partial charge in [-0.25, -0.2) is 4.79 Å². The second-order valence-electron chi connectivity index (χ2n) is 23.5. The van der Waals surface area contributed by atoms with Crippen molar-refractivity contribution in [3.63, 3.8) is 0 Å². The number of rotatable bonds is 40. The number of carbonyl (C=O) groups excluding carboxylic acids is 15. The standard InChI is InChI=1S/C56H89N19O24/c1-25(46(89)62-19-39(81)66-26(2)47(90)71-33(55(98)99)6-4-14-61-56(59)60)67-51(94)34-7-5-15-73(34)42(84)22-65-52(95)45(27(3)76)72-48(91)30(8-11-37(58)79)68-40(82)20-63-49(92)36-17-29(78)24-75(36)54(97)32(10-13-44(87)88)70-41(83)21-64-50(93)35-16-28(77)23-74(35)53(96)31(9-12-43(85)86)69-38(80)18-57/h25-36,45,76-78H,4-24,57H2,1-3H3,(H2,58,79)(H,62,89)(H,63,92)(H,64,93)(H,65,95)(H,66,81)(H,67,94)(H,68,82)(H,69,80)(H,70,83)(H,71,90)(H,72,91)(H,85,86)(H,87,88)(H,98,99)(H4,59,60,61)/t25-,26-,27+,28+,29+,30-,31-,32-,33-,34-,35-,36-,45-/m0/s1. The SMILES string of the molecule is C[C@H](NC(=O)CNC(=O)[C@H](C)NC(=O)[C@@H]1CCCN1C(=O)CNC(=O)[C@@H](NC(=O)[C@H](CCC(N)=O)NC(=O)CNC(=O)[C@@H]1C[C@@H](O)CN1C(=O)[C@H](CCC(=O)O)NC(=O)CNC(=O)[C@@H]1C[C@@H](O)CN1C(=O)[C@H](CCC(=O)O)NC(=O)CN)[C@@H](C)O)C(=O)N[C@@H](CCCNC(=N)N)C(=O)O. The lowest BCUT2D eigenvalue weighted by molar-refractivity contribution is -0.144. The highest BCUT2D eigenvalue weighted by atomic mass is 16.4. The average molecular weight is 1410 g/mol. The number of carbonyl (C=O) groups is 18. The van der Waals surface area contributed by atoms with Gasteiger partial charge in [0.25, 0.3) is 0 Å². The molecule has 15 amide bonds. The minimum atomic E-state index is -1.85. The summed E-state index contributed by atoms with van der Waals surface area (Å²) in [7, 11) is 0. The third kappa shape index (κ3) is 27.9. The number of hydrogen-bond donors (Lipinski definition) is 22. The number of nitrogens with zero attached hydrogens (tertiary/aromatic N) is 3. The lowest BCUT2D eigenvalue weighted by atomic mass is 10.1. The molecule has 3 rings (SSSR count). The fourth-order valence-electron chi connectivity index (χ4n) is 10.4. The van der Waals surface area contributed by atoms with Gasteiger partial charge in [-0.15, -0.1) is 0 Å². The topological polar surface area (TPSA) is 685 Å². The number of β-amino-alcohol motifs (C(OH)–C–C–N with tert-alkyl or cyclic N) is 2. The highest BCUT2D eigenvalue weighted by Crippen LogP contribution is 2.23. The van der Waals surface area contributed by atoms with Crippen molar-refractivity contribution >= 4 is 112 Å². The van der Waals surface area contributed by atoms with Crippen molar-refractivity contribution in [2.75, 3.05) is 58.9 Å². The summed E-state index contributed by atoms with van der Waals surface area (Å²) in [5.74, 6) is -19.1. The lowest BCUT2D eigenvalue weighted by Gasteiger charge is -2.29. The molecule has 3 aliphatic rings. The zero-order chi connectivity index (χ0) is 74.5. The van der Waals surface area contributed by atoms with Gasteiger partial charge >= 0.3 is 17.9 Å². The first-order valence-corrected chi connectivity index (χ1v) is 31.3. The fourth-order valence-corrected chi connectivity index (χ4v) is 10.4. The number of nitrogens with one attached hydrogen (secondary N) is 13. The summed E-state index contributed by atoms with van der Waals surface area (Å²) in [4.78, 5) is 234. The Bertz CT molecular complexity index is 3030. The smallest absolute Gasteiger partial charge is 0.326 e. The Kier molecular flexibility index (Phi) is 33.7. The van der Waals surface area contributed by atoms with Gasteiger partial charge in [-0.1, -0.05) is 0 Å². The summed E-state index contributed by atoms with van der Waals surface area (Å²) in [5.41, 5.74) is 15.8. The molecule has 0 bridgehead atoms. The summed E-state index contributed by atoms with van der Waals surface area (Å²) in [6.07, 6.45) is -8.02. The molecule has 43 heteroatoms. The molecule has 0 radical (unpaired) electrons. The minimum absolute atomic E-state index is 0.00766. The Morgan fingerprint density at radius 2 is 0.970 bits per heavy atom. The van der Waals surface area contributed by atoms with Gasteiger partial charge in [0.1, 0.15) is 60.4 Å².